The fourth-order valence-corrected chi connectivity index (χ4v) is 4.34. The number of rotatable bonds is 7. The lowest BCUT2D eigenvalue weighted by Crippen LogP contribution is -2.51. The summed E-state index contributed by atoms with van der Waals surface area (Å²) in [7, 11) is 0. The van der Waals surface area contributed by atoms with Crippen LogP contribution in [0.3, 0.4) is 0 Å². The molecule has 0 atom stereocenters. The number of hydrogen-bond acceptors (Lipinski definition) is 6. The highest BCUT2D eigenvalue weighted by Crippen LogP contribution is 2.20. The van der Waals surface area contributed by atoms with E-state index in [0.29, 0.717) is 50.2 Å². The fourth-order valence-electron chi connectivity index (χ4n) is 3.64. The Labute approximate surface area is 186 Å². The molecule has 2 aliphatic rings. The molecule has 0 saturated carbocycles. The Kier molecular flexibility index (Phi) is 8.69. The number of hydrogen-bond donors (Lipinski definition) is 2. The predicted octanol–water partition coefficient (Wildman–Crippen LogP) is 3.00. The molecule has 4 amide bonds. The minimum atomic E-state index is -0.346. The van der Waals surface area contributed by atoms with Crippen LogP contribution in [0, 0.1) is 0 Å². The van der Waals surface area contributed by atoms with Gasteiger partial charge in [0.15, 0.2) is 5.13 Å². The summed E-state index contributed by atoms with van der Waals surface area (Å²) in [5.74, 6) is -0.0605. The van der Waals surface area contributed by atoms with Gasteiger partial charge < -0.3 is 19.9 Å². The summed E-state index contributed by atoms with van der Waals surface area (Å²) in [6.45, 7) is 4.49. The van der Waals surface area contributed by atoms with E-state index in [4.69, 9.17) is 4.74 Å². The molecular weight excluding hydrogens is 418 g/mol. The molecule has 1 aliphatic heterocycles. The summed E-state index contributed by atoms with van der Waals surface area (Å²) in [4.78, 5) is 44.0. The van der Waals surface area contributed by atoms with Gasteiger partial charge in [-0.05, 0) is 39.0 Å². The van der Waals surface area contributed by atoms with E-state index in [1.54, 1.807) is 22.1 Å². The molecule has 10 heteroatoms. The normalized spacial score (nSPS) is 16.5. The Balaban J connectivity index is 1.37. The number of allylic oxidation sites excluding steroid dienone is 1. The quantitative estimate of drug-likeness (QED) is 0.623. The average molecular weight is 450 g/mol. The van der Waals surface area contributed by atoms with Crippen molar-refractivity contribution in [2.24, 2.45) is 0 Å². The molecule has 2 heterocycles. The first-order valence-corrected chi connectivity index (χ1v) is 11.8. The topological polar surface area (TPSA) is 104 Å². The van der Waals surface area contributed by atoms with Crippen molar-refractivity contribution >= 4 is 34.5 Å². The van der Waals surface area contributed by atoms with Crippen LogP contribution in [0.15, 0.2) is 17.0 Å². The summed E-state index contributed by atoms with van der Waals surface area (Å²) < 4.78 is 4.99. The zero-order valence-electron chi connectivity index (χ0n) is 18.0. The number of carbonyl (C=O) groups excluding carboxylic acids is 3. The van der Waals surface area contributed by atoms with Crippen molar-refractivity contribution in [2.75, 3.05) is 44.6 Å². The number of carbonyl (C=O) groups is 3. The van der Waals surface area contributed by atoms with Gasteiger partial charge in [0.05, 0.1) is 18.7 Å². The molecule has 0 spiro atoms. The molecule has 0 bridgehead atoms. The molecule has 170 valence electrons. The lowest BCUT2D eigenvalue weighted by atomic mass is 9.97. The Bertz CT molecular complexity index is 801. The lowest BCUT2D eigenvalue weighted by molar-refractivity contribution is -0.120. The smallest absolute Gasteiger partial charge is 0.409 e. The van der Waals surface area contributed by atoms with Crippen LogP contribution in [0.1, 0.15) is 44.7 Å². The monoisotopic (exact) mass is 449 g/mol. The predicted molar refractivity (Wildman–Crippen MR) is 119 cm³/mol. The number of piperazine rings is 1. The lowest BCUT2D eigenvalue weighted by Gasteiger charge is -2.33. The molecule has 0 aromatic carbocycles. The molecule has 1 fully saturated rings. The van der Waals surface area contributed by atoms with Gasteiger partial charge >= 0.3 is 12.1 Å². The fraction of sp³-hybridized carbons (Fsp3) is 0.619. The van der Waals surface area contributed by atoms with Gasteiger partial charge in [-0.1, -0.05) is 11.6 Å². The largest absolute Gasteiger partial charge is 0.450 e. The molecule has 9 nitrogen and oxygen atoms in total. The van der Waals surface area contributed by atoms with Crippen molar-refractivity contribution in [1.82, 2.24) is 20.1 Å². The number of urea groups is 1. The van der Waals surface area contributed by atoms with Gasteiger partial charge in [0, 0.05) is 38.1 Å². The second kappa shape index (κ2) is 11.7. The molecule has 1 saturated heterocycles. The third-order valence-electron chi connectivity index (χ3n) is 5.35. The molecule has 0 unspecified atom stereocenters. The van der Waals surface area contributed by atoms with E-state index in [1.165, 1.54) is 29.8 Å². The van der Waals surface area contributed by atoms with Gasteiger partial charge in [-0.15, -0.1) is 11.3 Å². The second-order valence-corrected chi connectivity index (χ2v) is 8.49. The zero-order valence-corrected chi connectivity index (χ0v) is 18.8. The maximum atomic E-state index is 12.5. The molecule has 3 rings (SSSR count). The third kappa shape index (κ3) is 7.23. The first-order chi connectivity index (χ1) is 15.0. The highest BCUT2D eigenvalue weighted by molar-refractivity contribution is 7.13. The molecule has 0 radical (unpaired) electrons. The van der Waals surface area contributed by atoms with E-state index < -0.39 is 0 Å². The van der Waals surface area contributed by atoms with Crippen molar-refractivity contribution in [1.29, 1.82) is 0 Å². The van der Waals surface area contributed by atoms with E-state index in [-0.39, 0.29) is 24.5 Å². The molecule has 1 aliphatic carbocycles. The van der Waals surface area contributed by atoms with Gasteiger partial charge in [0.2, 0.25) is 5.91 Å². The number of nitrogens with one attached hydrogen (secondary N) is 2. The molecule has 2 N–H and O–H groups in total. The molecular formula is C21H31N5O4S. The number of amides is 4. The molecule has 31 heavy (non-hydrogen) atoms. The van der Waals surface area contributed by atoms with Crippen LogP contribution in [-0.2, 0) is 16.0 Å². The number of nitrogens with zero attached hydrogens (tertiary/aromatic N) is 3. The van der Waals surface area contributed by atoms with E-state index in [9.17, 15) is 14.4 Å². The first-order valence-electron chi connectivity index (χ1n) is 10.9. The summed E-state index contributed by atoms with van der Waals surface area (Å²) in [6.07, 6.45) is 7.86. The highest BCUT2D eigenvalue weighted by atomic mass is 32.1. The third-order valence-corrected chi connectivity index (χ3v) is 6.16. The Morgan fingerprint density at radius 3 is 2.65 bits per heavy atom. The van der Waals surface area contributed by atoms with Crippen LogP contribution in [0.25, 0.3) is 0 Å². The summed E-state index contributed by atoms with van der Waals surface area (Å²) in [6, 6.07) is -0.255. The summed E-state index contributed by atoms with van der Waals surface area (Å²) in [5, 5.41) is 7.99. The summed E-state index contributed by atoms with van der Waals surface area (Å²) in [5.41, 5.74) is 2.08. The van der Waals surface area contributed by atoms with E-state index >= 15 is 0 Å². The van der Waals surface area contributed by atoms with Gasteiger partial charge in [-0.3, -0.25) is 10.1 Å². The van der Waals surface area contributed by atoms with Gasteiger partial charge in [0.25, 0.3) is 0 Å². The van der Waals surface area contributed by atoms with Crippen molar-refractivity contribution in [3.8, 4) is 0 Å². The van der Waals surface area contributed by atoms with Crippen LogP contribution < -0.4 is 10.6 Å². The SMILES string of the molecule is CCOC(=O)N1CCN(C(=O)Nc2nc(CC(=O)NCCC3=CCCCC3)cs2)CC1. The van der Waals surface area contributed by atoms with Crippen LogP contribution in [0.4, 0.5) is 14.7 Å². The molecule has 1 aromatic rings. The van der Waals surface area contributed by atoms with E-state index in [1.807, 2.05) is 0 Å². The number of thiazole rings is 1. The van der Waals surface area contributed by atoms with Crippen molar-refractivity contribution in [3.63, 3.8) is 0 Å². The Morgan fingerprint density at radius 2 is 1.94 bits per heavy atom. The van der Waals surface area contributed by atoms with E-state index in [0.717, 1.165) is 19.3 Å². The van der Waals surface area contributed by atoms with Gasteiger partial charge in [0.1, 0.15) is 0 Å². The van der Waals surface area contributed by atoms with Gasteiger partial charge in [-0.2, -0.15) is 0 Å². The van der Waals surface area contributed by atoms with Crippen molar-refractivity contribution < 1.29 is 19.1 Å². The van der Waals surface area contributed by atoms with E-state index in [2.05, 4.69) is 21.7 Å². The Morgan fingerprint density at radius 1 is 1.16 bits per heavy atom. The van der Waals surface area contributed by atoms with Crippen LogP contribution in [-0.4, -0.2) is 72.1 Å². The number of aromatic nitrogens is 1. The minimum absolute atomic E-state index is 0.0605. The van der Waals surface area contributed by atoms with Crippen molar-refractivity contribution in [3.05, 3.63) is 22.7 Å². The van der Waals surface area contributed by atoms with Crippen molar-refractivity contribution in [2.45, 2.75) is 45.4 Å². The van der Waals surface area contributed by atoms with Crippen LogP contribution >= 0.6 is 11.3 Å². The maximum absolute atomic E-state index is 12.5. The standard InChI is InChI=1S/C21H31N5O4S/c1-2-30-21(29)26-12-10-25(11-13-26)20(28)24-19-23-17(15-31-19)14-18(27)22-9-8-16-6-4-3-5-7-16/h6,15H,2-5,7-14H2,1H3,(H,22,27)(H,23,24,28). The summed E-state index contributed by atoms with van der Waals surface area (Å²) >= 11 is 1.30. The highest BCUT2D eigenvalue weighted by Gasteiger charge is 2.25. The Hall–Kier alpha value is -2.62. The number of anilines is 1. The zero-order chi connectivity index (χ0) is 22.1. The second-order valence-electron chi connectivity index (χ2n) is 7.63. The van der Waals surface area contributed by atoms with Crippen LogP contribution in [0.5, 0.6) is 0 Å². The van der Waals surface area contributed by atoms with Gasteiger partial charge in [-0.25, -0.2) is 14.6 Å². The first kappa shape index (κ1) is 23.1. The average Bonchev–Trinajstić information content (AvgIpc) is 3.21. The van der Waals surface area contributed by atoms with Crippen LogP contribution in [0.2, 0.25) is 0 Å². The molecule has 1 aromatic heterocycles. The number of ether oxygens (including phenoxy) is 1. The minimum Gasteiger partial charge on any atom is -0.450 e. The maximum Gasteiger partial charge on any atom is 0.409 e.